The minimum absolute atomic E-state index is 0.166. The summed E-state index contributed by atoms with van der Waals surface area (Å²) in [6.07, 6.45) is 1.83. The maximum atomic E-state index is 9.53. The highest BCUT2D eigenvalue weighted by molar-refractivity contribution is 5.41. The number of piperidine rings is 1. The molecule has 1 unspecified atom stereocenters. The van der Waals surface area contributed by atoms with E-state index < -0.39 is 0 Å². The highest BCUT2D eigenvalue weighted by Crippen LogP contribution is 2.13. The Bertz CT molecular complexity index is 340. The van der Waals surface area contributed by atoms with Gasteiger partial charge in [-0.15, -0.1) is 0 Å². The highest BCUT2D eigenvalue weighted by Gasteiger charge is 2.16. The zero-order valence-electron chi connectivity index (χ0n) is 10.0. The van der Waals surface area contributed by atoms with Crippen LogP contribution < -0.4 is 10.5 Å². The number of nitrogens with two attached hydrogens (primary N) is 1. The van der Waals surface area contributed by atoms with E-state index in [1.165, 1.54) is 0 Å². The lowest BCUT2D eigenvalue weighted by molar-refractivity contribution is 0.0633. The molecule has 0 aromatic heterocycles. The molecule has 0 saturated carbocycles. The number of nitrogen functional groups attached to an aromatic ring is 1. The van der Waals surface area contributed by atoms with Crippen LogP contribution in [0.15, 0.2) is 24.3 Å². The topological polar surface area (TPSA) is 58.7 Å². The second-order valence-corrected chi connectivity index (χ2v) is 4.51. The van der Waals surface area contributed by atoms with E-state index >= 15 is 0 Å². The summed E-state index contributed by atoms with van der Waals surface area (Å²) in [5.74, 6) is 0.844. The smallest absolute Gasteiger partial charge is 0.119 e. The molecular weight excluding hydrogens is 216 g/mol. The number of aliphatic hydroxyl groups is 1. The molecule has 1 aliphatic heterocycles. The van der Waals surface area contributed by atoms with Gasteiger partial charge in [0.05, 0.1) is 6.10 Å². The molecule has 4 heteroatoms. The van der Waals surface area contributed by atoms with Gasteiger partial charge in [-0.2, -0.15) is 0 Å². The van der Waals surface area contributed by atoms with Crippen molar-refractivity contribution in [3.63, 3.8) is 0 Å². The SMILES string of the molecule is Nc1ccc(OCCN2CCCC(O)C2)cc1. The summed E-state index contributed by atoms with van der Waals surface area (Å²) in [6, 6.07) is 7.42. The zero-order valence-corrected chi connectivity index (χ0v) is 10.0. The van der Waals surface area contributed by atoms with Gasteiger partial charge in [0.25, 0.3) is 0 Å². The molecule has 1 heterocycles. The number of hydrogen-bond donors (Lipinski definition) is 2. The van der Waals surface area contributed by atoms with Crippen LogP contribution in [0.3, 0.4) is 0 Å². The van der Waals surface area contributed by atoms with Crippen molar-refractivity contribution in [3.8, 4) is 5.75 Å². The molecule has 1 saturated heterocycles. The lowest BCUT2D eigenvalue weighted by Crippen LogP contribution is -2.40. The number of hydrogen-bond acceptors (Lipinski definition) is 4. The van der Waals surface area contributed by atoms with Crippen molar-refractivity contribution in [2.24, 2.45) is 0 Å². The number of ether oxygens (including phenoxy) is 1. The number of anilines is 1. The van der Waals surface area contributed by atoms with Gasteiger partial charge in [0.15, 0.2) is 0 Å². The van der Waals surface area contributed by atoms with Gasteiger partial charge in [0, 0.05) is 18.8 Å². The van der Waals surface area contributed by atoms with Gasteiger partial charge in [0.1, 0.15) is 12.4 Å². The molecule has 1 aromatic carbocycles. The van der Waals surface area contributed by atoms with E-state index in [0.29, 0.717) is 6.61 Å². The molecule has 2 rings (SSSR count). The predicted octanol–water partition coefficient (Wildman–Crippen LogP) is 1.10. The first-order valence-corrected chi connectivity index (χ1v) is 6.13. The second-order valence-electron chi connectivity index (χ2n) is 4.51. The van der Waals surface area contributed by atoms with Crippen molar-refractivity contribution >= 4 is 5.69 Å². The summed E-state index contributed by atoms with van der Waals surface area (Å²) in [5, 5.41) is 9.53. The molecule has 4 nitrogen and oxygen atoms in total. The van der Waals surface area contributed by atoms with E-state index in [4.69, 9.17) is 10.5 Å². The van der Waals surface area contributed by atoms with Crippen LogP contribution in [0.25, 0.3) is 0 Å². The van der Waals surface area contributed by atoms with Crippen LogP contribution in [0.5, 0.6) is 5.75 Å². The molecule has 1 fully saturated rings. The third-order valence-corrected chi connectivity index (χ3v) is 3.04. The lowest BCUT2D eigenvalue weighted by Gasteiger charge is -2.29. The largest absolute Gasteiger partial charge is 0.492 e. The normalized spacial score (nSPS) is 21.4. The van der Waals surface area contributed by atoms with Crippen molar-refractivity contribution in [1.82, 2.24) is 4.90 Å². The Kier molecular flexibility index (Phi) is 4.23. The minimum Gasteiger partial charge on any atom is -0.492 e. The predicted molar refractivity (Wildman–Crippen MR) is 68.0 cm³/mol. The fraction of sp³-hybridized carbons (Fsp3) is 0.538. The van der Waals surface area contributed by atoms with Crippen molar-refractivity contribution in [2.75, 3.05) is 32.0 Å². The number of β-amino-alcohol motifs (C(OH)–C–C–N with tert-alkyl or cyclic N) is 1. The molecule has 0 bridgehead atoms. The number of benzene rings is 1. The summed E-state index contributed by atoms with van der Waals surface area (Å²) in [6.45, 7) is 3.34. The number of likely N-dealkylation sites (tertiary alicyclic amines) is 1. The Hall–Kier alpha value is -1.26. The molecule has 1 atom stereocenters. The van der Waals surface area contributed by atoms with Gasteiger partial charge in [0.2, 0.25) is 0 Å². The molecular formula is C13H20N2O2. The summed E-state index contributed by atoms with van der Waals surface area (Å²) in [5.41, 5.74) is 6.34. The number of aliphatic hydroxyl groups excluding tert-OH is 1. The van der Waals surface area contributed by atoms with Crippen LogP contribution in [0.2, 0.25) is 0 Å². The Labute approximate surface area is 102 Å². The summed E-state index contributed by atoms with van der Waals surface area (Å²) < 4.78 is 5.62. The zero-order chi connectivity index (χ0) is 12.1. The highest BCUT2D eigenvalue weighted by atomic mass is 16.5. The molecule has 0 aliphatic carbocycles. The van der Waals surface area contributed by atoms with Gasteiger partial charge in [-0.3, -0.25) is 4.90 Å². The Morgan fingerprint density at radius 2 is 2.12 bits per heavy atom. The molecule has 0 radical (unpaired) electrons. The Balaban J connectivity index is 1.70. The van der Waals surface area contributed by atoms with Crippen LogP contribution in [-0.4, -0.2) is 42.4 Å². The summed E-state index contributed by atoms with van der Waals surface area (Å²) in [7, 11) is 0. The van der Waals surface area contributed by atoms with E-state index in [1.54, 1.807) is 0 Å². The Morgan fingerprint density at radius 3 is 2.82 bits per heavy atom. The Morgan fingerprint density at radius 1 is 1.35 bits per heavy atom. The molecule has 0 spiro atoms. The molecule has 0 amide bonds. The quantitative estimate of drug-likeness (QED) is 0.769. The first kappa shape index (κ1) is 12.2. The summed E-state index contributed by atoms with van der Waals surface area (Å²) >= 11 is 0. The first-order valence-electron chi connectivity index (χ1n) is 6.13. The van der Waals surface area contributed by atoms with Crippen molar-refractivity contribution in [3.05, 3.63) is 24.3 Å². The lowest BCUT2D eigenvalue weighted by atomic mass is 10.1. The minimum atomic E-state index is -0.166. The third kappa shape index (κ3) is 3.91. The van der Waals surface area contributed by atoms with Gasteiger partial charge in [-0.1, -0.05) is 0 Å². The number of rotatable bonds is 4. The van der Waals surface area contributed by atoms with E-state index in [9.17, 15) is 5.11 Å². The standard InChI is InChI=1S/C13H20N2O2/c14-11-3-5-13(6-4-11)17-9-8-15-7-1-2-12(16)10-15/h3-6,12,16H,1-2,7-10,14H2. The second kappa shape index (κ2) is 5.89. The average Bonchev–Trinajstić information content (AvgIpc) is 2.32. The van der Waals surface area contributed by atoms with Gasteiger partial charge >= 0.3 is 0 Å². The van der Waals surface area contributed by atoms with Crippen LogP contribution in [0.4, 0.5) is 5.69 Å². The maximum Gasteiger partial charge on any atom is 0.119 e. The van der Waals surface area contributed by atoms with Crippen LogP contribution >= 0.6 is 0 Å². The number of nitrogens with zero attached hydrogens (tertiary/aromatic N) is 1. The van der Waals surface area contributed by atoms with E-state index in [1.807, 2.05) is 24.3 Å². The molecule has 94 valence electrons. The van der Waals surface area contributed by atoms with Crippen molar-refractivity contribution < 1.29 is 9.84 Å². The average molecular weight is 236 g/mol. The van der Waals surface area contributed by atoms with Crippen molar-refractivity contribution in [1.29, 1.82) is 0 Å². The van der Waals surface area contributed by atoms with Gasteiger partial charge in [-0.05, 0) is 43.7 Å². The monoisotopic (exact) mass is 236 g/mol. The van der Waals surface area contributed by atoms with E-state index in [0.717, 1.165) is 43.9 Å². The summed E-state index contributed by atoms with van der Waals surface area (Å²) in [4.78, 5) is 2.24. The van der Waals surface area contributed by atoms with Crippen LogP contribution in [0.1, 0.15) is 12.8 Å². The first-order chi connectivity index (χ1) is 8.24. The molecule has 3 N–H and O–H groups in total. The van der Waals surface area contributed by atoms with E-state index in [2.05, 4.69) is 4.90 Å². The third-order valence-electron chi connectivity index (χ3n) is 3.04. The van der Waals surface area contributed by atoms with Crippen LogP contribution in [-0.2, 0) is 0 Å². The fourth-order valence-corrected chi connectivity index (χ4v) is 2.09. The van der Waals surface area contributed by atoms with Gasteiger partial charge < -0.3 is 15.6 Å². The van der Waals surface area contributed by atoms with Gasteiger partial charge in [-0.25, -0.2) is 0 Å². The molecule has 1 aromatic rings. The molecule has 1 aliphatic rings. The fourth-order valence-electron chi connectivity index (χ4n) is 2.09. The maximum absolute atomic E-state index is 9.53. The van der Waals surface area contributed by atoms with Crippen molar-refractivity contribution in [2.45, 2.75) is 18.9 Å². The van der Waals surface area contributed by atoms with Crippen LogP contribution in [0, 0.1) is 0 Å². The molecule has 17 heavy (non-hydrogen) atoms. The van der Waals surface area contributed by atoms with E-state index in [-0.39, 0.29) is 6.10 Å².